The lowest BCUT2D eigenvalue weighted by atomic mass is 10.2. The molecule has 0 aromatic heterocycles. The van der Waals surface area contributed by atoms with Crippen molar-refractivity contribution in [3.63, 3.8) is 0 Å². The third kappa shape index (κ3) is 2.59. The van der Waals surface area contributed by atoms with Crippen LogP contribution < -0.4 is 5.32 Å². The van der Waals surface area contributed by atoms with Crippen molar-refractivity contribution in [1.29, 1.82) is 0 Å². The summed E-state index contributed by atoms with van der Waals surface area (Å²) in [5.74, 6) is 0. The number of hydrogen-bond acceptors (Lipinski definition) is 2. The molecule has 1 aromatic carbocycles. The molecule has 2 rings (SSSR count). The Hall–Kier alpha value is 0.160. The van der Waals surface area contributed by atoms with Gasteiger partial charge < -0.3 is 10.1 Å². The predicted molar refractivity (Wildman–Crippen MR) is 65.6 cm³/mol. The van der Waals surface area contributed by atoms with Crippen molar-refractivity contribution in [1.82, 2.24) is 5.32 Å². The minimum atomic E-state index is 0.505. The molecule has 1 aromatic rings. The Kier molecular flexibility index (Phi) is 3.65. The van der Waals surface area contributed by atoms with Gasteiger partial charge >= 0.3 is 0 Å². The van der Waals surface area contributed by atoms with Gasteiger partial charge in [-0.1, -0.05) is 17.7 Å². The lowest BCUT2D eigenvalue weighted by Gasteiger charge is -2.27. The fourth-order valence-corrected chi connectivity index (χ4v) is 2.20. The van der Waals surface area contributed by atoms with Crippen molar-refractivity contribution < 1.29 is 4.74 Å². The van der Waals surface area contributed by atoms with Crippen LogP contribution in [0.1, 0.15) is 5.56 Å². The van der Waals surface area contributed by atoms with Crippen LogP contribution in [0.3, 0.4) is 0 Å². The summed E-state index contributed by atoms with van der Waals surface area (Å²) in [5.41, 5.74) is 1.15. The standard InChI is InChI=1S/C10H11ClINO/c11-10-3-8(12)2-1-7(10)4-13-9-5-14-6-9/h1-3,9,13H,4-6H2. The average molecular weight is 324 g/mol. The summed E-state index contributed by atoms with van der Waals surface area (Å²) in [6, 6.07) is 6.62. The first-order valence-electron chi connectivity index (χ1n) is 4.51. The minimum absolute atomic E-state index is 0.505. The maximum absolute atomic E-state index is 6.10. The summed E-state index contributed by atoms with van der Waals surface area (Å²) in [6.07, 6.45) is 0. The summed E-state index contributed by atoms with van der Waals surface area (Å²) in [4.78, 5) is 0. The Bertz CT molecular complexity index is 328. The van der Waals surface area contributed by atoms with Crippen LogP contribution in [0.2, 0.25) is 5.02 Å². The summed E-state index contributed by atoms with van der Waals surface area (Å²) in [7, 11) is 0. The van der Waals surface area contributed by atoms with E-state index in [9.17, 15) is 0 Å². The maximum Gasteiger partial charge on any atom is 0.0643 e. The van der Waals surface area contributed by atoms with Gasteiger partial charge in [0.05, 0.1) is 19.3 Å². The Morgan fingerprint density at radius 1 is 1.50 bits per heavy atom. The van der Waals surface area contributed by atoms with Gasteiger partial charge in [0.2, 0.25) is 0 Å². The molecule has 0 radical (unpaired) electrons. The lowest BCUT2D eigenvalue weighted by molar-refractivity contribution is -0.00578. The number of nitrogens with one attached hydrogen (secondary N) is 1. The van der Waals surface area contributed by atoms with Crippen molar-refractivity contribution in [2.75, 3.05) is 13.2 Å². The van der Waals surface area contributed by atoms with E-state index in [0.717, 1.165) is 30.3 Å². The molecule has 0 spiro atoms. The molecule has 1 saturated heterocycles. The predicted octanol–water partition coefficient (Wildman–Crippen LogP) is 2.43. The van der Waals surface area contributed by atoms with E-state index < -0.39 is 0 Å². The van der Waals surface area contributed by atoms with E-state index in [1.165, 1.54) is 3.57 Å². The molecule has 2 nitrogen and oxygen atoms in total. The highest BCUT2D eigenvalue weighted by atomic mass is 127. The Morgan fingerprint density at radius 3 is 2.86 bits per heavy atom. The molecule has 0 aliphatic carbocycles. The third-order valence-electron chi connectivity index (χ3n) is 2.23. The molecule has 1 aliphatic rings. The zero-order chi connectivity index (χ0) is 9.97. The van der Waals surface area contributed by atoms with Crippen molar-refractivity contribution >= 4 is 34.2 Å². The zero-order valence-electron chi connectivity index (χ0n) is 7.59. The largest absolute Gasteiger partial charge is 0.378 e. The van der Waals surface area contributed by atoms with E-state index >= 15 is 0 Å². The van der Waals surface area contributed by atoms with E-state index in [1.807, 2.05) is 6.07 Å². The van der Waals surface area contributed by atoms with Crippen LogP contribution in [0.5, 0.6) is 0 Å². The number of hydrogen-bond donors (Lipinski definition) is 1. The molecule has 0 amide bonds. The Morgan fingerprint density at radius 2 is 2.29 bits per heavy atom. The number of halogens is 2. The first kappa shape index (κ1) is 10.7. The second-order valence-electron chi connectivity index (χ2n) is 3.35. The van der Waals surface area contributed by atoms with Gasteiger partial charge in [0, 0.05) is 15.1 Å². The summed E-state index contributed by atoms with van der Waals surface area (Å²) in [6.45, 7) is 2.47. The van der Waals surface area contributed by atoms with Gasteiger partial charge in [-0.2, -0.15) is 0 Å². The van der Waals surface area contributed by atoms with Crippen molar-refractivity contribution in [2.45, 2.75) is 12.6 Å². The zero-order valence-corrected chi connectivity index (χ0v) is 10.5. The average Bonchev–Trinajstić information content (AvgIpc) is 2.05. The molecular formula is C10H11ClINO. The van der Waals surface area contributed by atoms with Crippen LogP contribution in [0.15, 0.2) is 18.2 Å². The molecule has 1 N–H and O–H groups in total. The molecule has 1 heterocycles. The van der Waals surface area contributed by atoms with Gasteiger partial charge in [-0.3, -0.25) is 0 Å². The van der Waals surface area contributed by atoms with Crippen molar-refractivity contribution in [2.24, 2.45) is 0 Å². The van der Waals surface area contributed by atoms with Crippen LogP contribution in [0.25, 0.3) is 0 Å². The highest BCUT2D eigenvalue weighted by Crippen LogP contribution is 2.19. The van der Waals surface area contributed by atoms with Crippen molar-refractivity contribution in [3.8, 4) is 0 Å². The fraction of sp³-hybridized carbons (Fsp3) is 0.400. The summed E-state index contributed by atoms with van der Waals surface area (Å²) >= 11 is 8.36. The molecule has 76 valence electrons. The molecule has 14 heavy (non-hydrogen) atoms. The molecule has 4 heteroatoms. The highest BCUT2D eigenvalue weighted by molar-refractivity contribution is 14.1. The molecule has 0 saturated carbocycles. The van der Waals surface area contributed by atoms with E-state index in [0.29, 0.717) is 6.04 Å². The maximum atomic E-state index is 6.10. The molecule has 1 fully saturated rings. The summed E-state index contributed by atoms with van der Waals surface area (Å²) in [5, 5.41) is 4.22. The van der Waals surface area contributed by atoms with Gasteiger partial charge in [-0.25, -0.2) is 0 Å². The lowest BCUT2D eigenvalue weighted by Crippen LogP contribution is -2.45. The summed E-state index contributed by atoms with van der Waals surface area (Å²) < 4.78 is 6.25. The fourth-order valence-electron chi connectivity index (χ4n) is 1.27. The van der Waals surface area contributed by atoms with E-state index in [-0.39, 0.29) is 0 Å². The quantitative estimate of drug-likeness (QED) is 0.863. The van der Waals surface area contributed by atoms with Gasteiger partial charge in [-0.15, -0.1) is 0 Å². The van der Waals surface area contributed by atoms with Gasteiger partial charge in [0.25, 0.3) is 0 Å². The van der Waals surface area contributed by atoms with Crippen molar-refractivity contribution in [3.05, 3.63) is 32.4 Å². The normalized spacial score (nSPS) is 16.7. The van der Waals surface area contributed by atoms with Gasteiger partial charge in [0.1, 0.15) is 0 Å². The number of ether oxygens (including phenoxy) is 1. The van der Waals surface area contributed by atoms with Crippen LogP contribution in [0, 0.1) is 3.57 Å². The SMILES string of the molecule is Clc1cc(I)ccc1CNC1COC1. The number of benzene rings is 1. The molecule has 0 unspecified atom stereocenters. The first-order chi connectivity index (χ1) is 6.75. The number of rotatable bonds is 3. The van der Waals surface area contributed by atoms with E-state index in [4.69, 9.17) is 16.3 Å². The Labute approximate surface area is 102 Å². The topological polar surface area (TPSA) is 21.3 Å². The van der Waals surface area contributed by atoms with Gasteiger partial charge in [0.15, 0.2) is 0 Å². The smallest absolute Gasteiger partial charge is 0.0643 e. The van der Waals surface area contributed by atoms with E-state index in [1.54, 1.807) is 0 Å². The first-order valence-corrected chi connectivity index (χ1v) is 5.96. The second kappa shape index (κ2) is 4.79. The highest BCUT2D eigenvalue weighted by Gasteiger charge is 2.17. The van der Waals surface area contributed by atoms with Gasteiger partial charge in [-0.05, 0) is 40.3 Å². The van der Waals surface area contributed by atoms with E-state index in [2.05, 4.69) is 40.0 Å². The van der Waals surface area contributed by atoms with Crippen LogP contribution in [-0.4, -0.2) is 19.3 Å². The monoisotopic (exact) mass is 323 g/mol. The molecular weight excluding hydrogens is 312 g/mol. The van der Waals surface area contributed by atoms with Crippen LogP contribution in [0.4, 0.5) is 0 Å². The third-order valence-corrected chi connectivity index (χ3v) is 3.26. The molecule has 1 aliphatic heterocycles. The van der Waals surface area contributed by atoms with Crippen LogP contribution in [-0.2, 0) is 11.3 Å². The minimum Gasteiger partial charge on any atom is -0.378 e. The Balaban J connectivity index is 1.94. The molecule has 0 bridgehead atoms. The molecule has 0 atom stereocenters. The van der Waals surface area contributed by atoms with Crippen LogP contribution >= 0.6 is 34.2 Å². The second-order valence-corrected chi connectivity index (χ2v) is 5.00.